The van der Waals surface area contributed by atoms with Gasteiger partial charge in [-0.25, -0.2) is 4.79 Å². The Morgan fingerprint density at radius 3 is 2.33 bits per heavy atom. The van der Waals surface area contributed by atoms with Crippen molar-refractivity contribution in [1.29, 1.82) is 0 Å². The van der Waals surface area contributed by atoms with Crippen molar-refractivity contribution in [2.24, 2.45) is 22.9 Å². The first-order chi connectivity index (χ1) is 29.3. The molecule has 1 aromatic carbocycles. The van der Waals surface area contributed by atoms with Crippen LogP contribution in [0.3, 0.4) is 0 Å². The zero-order chi connectivity index (χ0) is 43.2. The molecule has 0 radical (unpaired) electrons. The minimum Gasteiger partial charge on any atom is -0.459 e. The highest BCUT2D eigenvalue weighted by molar-refractivity contribution is 6.03. The molecule has 1 aromatic rings. The number of amides is 2. The summed E-state index contributed by atoms with van der Waals surface area (Å²) in [6, 6.07) is 4.78. The number of allylic oxidation sites excluding steroid dienone is 1. The Morgan fingerprint density at radius 2 is 1.67 bits per heavy atom. The Hall–Kier alpha value is -3.49. The average Bonchev–Trinajstić information content (AvgIpc) is 3.24. The number of nitrogens with one attached hydrogen (secondary N) is 1. The molecule has 4 N–H and O–H groups in total. The van der Waals surface area contributed by atoms with E-state index in [1.807, 2.05) is 24.0 Å². The van der Waals surface area contributed by atoms with Crippen LogP contribution in [0.4, 0.5) is 4.79 Å². The lowest BCUT2D eigenvalue weighted by Crippen LogP contribution is -2.70. The predicted octanol–water partition coefficient (Wildman–Crippen LogP) is 7.82. The molecule has 4 rings (SSSR count). The van der Waals surface area contributed by atoms with Gasteiger partial charge in [0, 0.05) is 50.6 Å². The van der Waals surface area contributed by atoms with Crippen molar-refractivity contribution in [2.45, 2.75) is 141 Å². The first kappa shape index (κ1) is 49.2. The maximum Gasteiger partial charge on any atom is 0.412 e. The molecular weight excluding hydrogens is 767 g/mol. The van der Waals surface area contributed by atoms with Crippen molar-refractivity contribution in [3.8, 4) is 11.5 Å². The van der Waals surface area contributed by atoms with Crippen molar-refractivity contribution in [2.75, 3.05) is 59.8 Å². The zero-order valence-corrected chi connectivity index (χ0v) is 36.8. The van der Waals surface area contributed by atoms with Gasteiger partial charge in [0.2, 0.25) is 11.7 Å². The van der Waals surface area contributed by atoms with Crippen LogP contribution in [0.1, 0.15) is 134 Å². The number of hydrogen-bond acceptors (Lipinski definition) is 11. The molecule has 6 atom stereocenters. The second kappa shape index (κ2) is 26.8. The molecule has 1 fully saturated rings. The van der Waals surface area contributed by atoms with E-state index in [0.717, 1.165) is 62.5 Å². The van der Waals surface area contributed by atoms with E-state index in [2.05, 4.69) is 30.1 Å². The summed E-state index contributed by atoms with van der Waals surface area (Å²) >= 11 is 0. The quantitative estimate of drug-likeness (QED) is 0.0341. The minimum absolute atomic E-state index is 0.0274. The van der Waals surface area contributed by atoms with E-state index in [1.165, 1.54) is 39.2 Å². The minimum atomic E-state index is -1.40. The first-order valence-electron chi connectivity index (χ1n) is 22.9. The van der Waals surface area contributed by atoms with Crippen LogP contribution in [-0.4, -0.2) is 110 Å². The van der Waals surface area contributed by atoms with Crippen molar-refractivity contribution in [3.63, 3.8) is 0 Å². The molecule has 1 saturated carbocycles. The summed E-state index contributed by atoms with van der Waals surface area (Å²) in [6.07, 6.45) is 18.8. The number of unbranched alkanes of at least 4 members (excludes halogenated alkanes) is 10. The molecule has 1 aliphatic heterocycles. The summed E-state index contributed by atoms with van der Waals surface area (Å²) in [5.41, 5.74) is 2.50. The van der Waals surface area contributed by atoms with Gasteiger partial charge in [-0.2, -0.15) is 0 Å². The lowest BCUT2D eigenvalue weighted by Gasteiger charge is -2.60. The normalized spacial score (nSPS) is 23.5. The summed E-state index contributed by atoms with van der Waals surface area (Å²) in [7, 11) is 1.53. The Labute approximate surface area is 358 Å². The number of nitrogens with zero attached hydrogens (tertiary/aromatic N) is 2. The van der Waals surface area contributed by atoms with Gasteiger partial charge in [-0.1, -0.05) is 88.4 Å². The van der Waals surface area contributed by atoms with Crippen LogP contribution >= 0.6 is 0 Å². The number of ether oxygens (including phenoxy) is 4. The number of aliphatic hydroxyl groups excluding tert-OH is 3. The Morgan fingerprint density at radius 1 is 0.950 bits per heavy atom. The fraction of sp³-hybridized carbons (Fsp3) is 0.723. The standard InChI is InChI=1S/C47H75N3O10/c1-5-8-9-10-11-12-13-14-15-22-43(54)50(25-30-57-31-28-53)42-34-40(49-56-4)38-32-35(20-16-18-26-51)37(21-17-19-27-52)44-39-33-36(59-46(55)48-7-3)23-24-41(39)60-47(42,45(38)44)58-29-6-2/h6,23-24,32-33,35,37,42,44-45,51-53H,2,5,7-22,25-31,34H2,1,3-4H3,(H,48,55). The molecule has 1 heterocycles. The van der Waals surface area contributed by atoms with Crippen LogP contribution in [0.5, 0.6) is 11.5 Å². The molecule has 2 aliphatic carbocycles. The van der Waals surface area contributed by atoms with E-state index in [4.69, 9.17) is 23.8 Å². The number of oxime groups is 1. The number of fused-ring (bicyclic) bond motifs is 2. The lowest BCUT2D eigenvalue weighted by atomic mass is 9.55. The van der Waals surface area contributed by atoms with Gasteiger partial charge < -0.3 is 49.3 Å². The molecule has 338 valence electrons. The van der Waals surface area contributed by atoms with E-state index < -0.39 is 23.8 Å². The molecule has 0 bridgehead atoms. The monoisotopic (exact) mass is 842 g/mol. The van der Waals surface area contributed by atoms with Gasteiger partial charge in [0.25, 0.3) is 0 Å². The van der Waals surface area contributed by atoms with E-state index in [0.29, 0.717) is 43.0 Å². The average molecular weight is 842 g/mol. The molecule has 60 heavy (non-hydrogen) atoms. The highest BCUT2D eigenvalue weighted by Gasteiger charge is 2.65. The summed E-state index contributed by atoms with van der Waals surface area (Å²) in [6.45, 7) is 9.28. The van der Waals surface area contributed by atoms with Gasteiger partial charge in [-0.05, 0) is 74.6 Å². The summed E-state index contributed by atoms with van der Waals surface area (Å²) in [4.78, 5) is 34.8. The molecule has 3 aliphatic rings. The number of carbonyl (C=O) groups is 2. The van der Waals surface area contributed by atoms with Crippen LogP contribution in [0.25, 0.3) is 0 Å². The first-order valence-corrected chi connectivity index (χ1v) is 22.9. The van der Waals surface area contributed by atoms with Crippen LogP contribution in [0.15, 0.2) is 47.7 Å². The molecule has 0 aromatic heterocycles. The molecule has 13 heteroatoms. The van der Waals surface area contributed by atoms with Crippen molar-refractivity contribution in [1.82, 2.24) is 10.2 Å². The van der Waals surface area contributed by atoms with Gasteiger partial charge in [0.15, 0.2) is 0 Å². The maximum atomic E-state index is 14.7. The molecule has 6 unspecified atom stereocenters. The number of aliphatic hydroxyl groups is 3. The van der Waals surface area contributed by atoms with Crippen LogP contribution in [-0.2, 0) is 19.1 Å². The topological polar surface area (TPSA) is 169 Å². The Bertz CT molecular complexity index is 1520. The van der Waals surface area contributed by atoms with Gasteiger partial charge in [0.05, 0.1) is 38.1 Å². The largest absolute Gasteiger partial charge is 0.459 e. The SMILES string of the molecule is C=CCOC12Oc3ccc(OC(=O)NCC)cc3C3C(CCCCO)C(CCCCO)C=C(C(=NOC)CC1N(CCOCCO)C(=O)CCCCCCCCCCC)C32. The van der Waals surface area contributed by atoms with Gasteiger partial charge in [-0.3, -0.25) is 4.79 Å². The fourth-order valence-corrected chi connectivity index (χ4v) is 9.62. The predicted molar refractivity (Wildman–Crippen MR) is 233 cm³/mol. The summed E-state index contributed by atoms with van der Waals surface area (Å²) in [5, 5.41) is 36.6. The van der Waals surface area contributed by atoms with Crippen LogP contribution < -0.4 is 14.8 Å². The third-order valence-corrected chi connectivity index (χ3v) is 12.3. The third kappa shape index (κ3) is 13.3. The summed E-state index contributed by atoms with van der Waals surface area (Å²) in [5.74, 6) is -1.12. The second-order valence-corrected chi connectivity index (χ2v) is 16.4. The van der Waals surface area contributed by atoms with Crippen LogP contribution in [0, 0.1) is 17.8 Å². The van der Waals surface area contributed by atoms with Gasteiger partial charge >= 0.3 is 6.09 Å². The van der Waals surface area contributed by atoms with Crippen molar-refractivity contribution >= 4 is 17.7 Å². The van der Waals surface area contributed by atoms with Crippen molar-refractivity contribution < 1.29 is 48.7 Å². The number of rotatable bonds is 30. The lowest BCUT2D eigenvalue weighted by molar-refractivity contribution is -0.258. The van der Waals surface area contributed by atoms with E-state index in [9.17, 15) is 24.9 Å². The Balaban J connectivity index is 1.86. The van der Waals surface area contributed by atoms with Gasteiger partial charge in [-0.15, -0.1) is 6.58 Å². The highest BCUT2D eigenvalue weighted by atomic mass is 16.7. The van der Waals surface area contributed by atoms with E-state index in [-0.39, 0.29) is 76.3 Å². The van der Waals surface area contributed by atoms with E-state index in [1.54, 1.807) is 12.1 Å². The smallest absolute Gasteiger partial charge is 0.412 e. The highest BCUT2D eigenvalue weighted by Crippen LogP contribution is 2.62. The molecule has 13 nitrogen and oxygen atoms in total. The second-order valence-electron chi connectivity index (χ2n) is 16.4. The zero-order valence-electron chi connectivity index (χ0n) is 36.8. The number of carbonyl (C=O) groups excluding carboxylic acids is 2. The maximum absolute atomic E-state index is 14.7. The fourth-order valence-electron chi connectivity index (χ4n) is 9.62. The van der Waals surface area contributed by atoms with Crippen LogP contribution in [0.2, 0.25) is 0 Å². The van der Waals surface area contributed by atoms with Gasteiger partial charge in [0.1, 0.15) is 24.7 Å². The number of hydrogen-bond donors (Lipinski definition) is 4. The Kier molecular flexibility index (Phi) is 21.9. The number of benzene rings is 1. The molecule has 0 spiro atoms. The third-order valence-electron chi connectivity index (χ3n) is 12.3. The van der Waals surface area contributed by atoms with E-state index >= 15 is 0 Å². The molecule has 2 amide bonds. The molecular formula is C47H75N3O10. The molecule has 0 saturated heterocycles. The van der Waals surface area contributed by atoms with Crippen molar-refractivity contribution in [3.05, 3.63) is 48.1 Å². The summed E-state index contributed by atoms with van der Waals surface area (Å²) < 4.78 is 25.9.